The van der Waals surface area contributed by atoms with Gasteiger partial charge in [-0.25, -0.2) is 4.98 Å². The number of hydrogen-bond acceptors (Lipinski definition) is 7. The summed E-state index contributed by atoms with van der Waals surface area (Å²) in [6, 6.07) is 4.14. The molecule has 4 N–H and O–H groups in total. The van der Waals surface area contributed by atoms with E-state index in [1.165, 1.54) is 0 Å². The van der Waals surface area contributed by atoms with E-state index in [1.54, 1.807) is 10.9 Å². The summed E-state index contributed by atoms with van der Waals surface area (Å²) >= 11 is 0. The molecule has 0 unspecified atom stereocenters. The Hall–Kier alpha value is -3.40. The molecular weight excluding hydrogens is 370 g/mol. The van der Waals surface area contributed by atoms with Crippen LogP contribution < -0.4 is 10.6 Å². The number of nitrogens with zero attached hydrogens (tertiary/aromatic N) is 6. The smallest absolute Gasteiger partial charge is 0.169 e. The normalized spacial score (nSPS) is 17.3. The lowest BCUT2D eigenvalue weighted by atomic mass is 10.0. The molecule has 4 aromatic heterocycles. The number of anilines is 2. The summed E-state index contributed by atoms with van der Waals surface area (Å²) in [5.41, 5.74) is 10.9. The van der Waals surface area contributed by atoms with Gasteiger partial charge in [0.2, 0.25) is 0 Å². The van der Waals surface area contributed by atoms with Crippen molar-refractivity contribution in [2.75, 3.05) is 30.4 Å². The van der Waals surface area contributed by atoms with Crippen LogP contribution in [0, 0.1) is 13.8 Å². The third-order valence-corrected chi connectivity index (χ3v) is 5.42. The van der Waals surface area contributed by atoms with Crippen molar-refractivity contribution in [3.8, 4) is 16.9 Å². The van der Waals surface area contributed by atoms with Gasteiger partial charge in [-0.3, -0.25) is 10.2 Å². The zero-order chi connectivity index (χ0) is 20.1. The molecule has 5 rings (SSSR count). The minimum atomic E-state index is 0.217. The van der Waals surface area contributed by atoms with Crippen LogP contribution >= 0.6 is 0 Å². The molecule has 0 spiro atoms. The maximum atomic E-state index is 6.38. The number of rotatable bonds is 3. The van der Waals surface area contributed by atoms with Gasteiger partial charge in [0, 0.05) is 29.4 Å². The first-order chi connectivity index (χ1) is 14.0. The van der Waals surface area contributed by atoms with E-state index in [4.69, 9.17) is 15.5 Å². The Balaban J connectivity index is 1.82. The second kappa shape index (κ2) is 6.59. The highest BCUT2D eigenvalue weighted by atomic mass is 16.5. The van der Waals surface area contributed by atoms with Crippen molar-refractivity contribution in [2.24, 2.45) is 0 Å². The first-order valence-electron chi connectivity index (χ1n) is 9.60. The zero-order valence-electron chi connectivity index (χ0n) is 16.6. The number of aromatic amines is 2. The first-order valence-corrected chi connectivity index (χ1v) is 9.60. The Kier molecular flexibility index (Phi) is 4.02. The quantitative estimate of drug-likeness (QED) is 0.485. The van der Waals surface area contributed by atoms with Crippen molar-refractivity contribution in [3.63, 3.8) is 0 Å². The van der Waals surface area contributed by atoms with Gasteiger partial charge in [0.05, 0.1) is 36.5 Å². The van der Waals surface area contributed by atoms with Gasteiger partial charge in [-0.2, -0.15) is 14.9 Å². The predicted octanol–water partition coefficient (Wildman–Crippen LogP) is 1.96. The number of aryl methyl sites for hydroxylation is 2. The Bertz CT molecular complexity index is 1150. The Labute approximate surface area is 167 Å². The number of fused-ring (bicyclic) bond motifs is 1. The van der Waals surface area contributed by atoms with Crippen molar-refractivity contribution >= 4 is 22.7 Å². The predicted molar refractivity (Wildman–Crippen MR) is 110 cm³/mol. The van der Waals surface area contributed by atoms with Crippen LogP contribution in [0.25, 0.3) is 28.0 Å². The molecule has 0 saturated carbocycles. The van der Waals surface area contributed by atoms with Gasteiger partial charge in [0.15, 0.2) is 17.3 Å². The van der Waals surface area contributed by atoms with E-state index in [2.05, 4.69) is 43.4 Å². The largest absolute Gasteiger partial charge is 0.382 e. The number of ether oxygens (including phenoxy) is 1. The Morgan fingerprint density at radius 2 is 2.14 bits per heavy atom. The lowest BCUT2D eigenvalue weighted by molar-refractivity contribution is 0.0985. The van der Waals surface area contributed by atoms with E-state index in [-0.39, 0.29) is 6.04 Å². The monoisotopic (exact) mass is 393 g/mol. The zero-order valence-corrected chi connectivity index (χ0v) is 16.6. The van der Waals surface area contributed by atoms with Crippen molar-refractivity contribution in [1.82, 2.24) is 35.2 Å². The second-order valence-corrected chi connectivity index (χ2v) is 7.39. The van der Waals surface area contributed by atoms with Crippen LogP contribution in [0.4, 0.5) is 11.6 Å². The fourth-order valence-corrected chi connectivity index (χ4v) is 4.02. The number of nitrogens with one attached hydrogen (secondary N) is 2. The van der Waals surface area contributed by atoms with Crippen LogP contribution in [0.3, 0.4) is 0 Å². The van der Waals surface area contributed by atoms with Crippen molar-refractivity contribution in [3.05, 3.63) is 29.7 Å². The molecule has 1 atom stereocenters. The average molecular weight is 393 g/mol. The van der Waals surface area contributed by atoms with Crippen molar-refractivity contribution < 1.29 is 4.74 Å². The SMILES string of the molecule is Cc1n[nH]c(C)c1-c1cc(N2CCOC[C@H]2C)nc2c1c(N)nn2-c1ccn[nH]1. The van der Waals surface area contributed by atoms with Gasteiger partial charge in [-0.15, -0.1) is 5.10 Å². The molecule has 0 aromatic carbocycles. The van der Waals surface area contributed by atoms with Gasteiger partial charge in [-0.05, 0) is 26.8 Å². The lowest BCUT2D eigenvalue weighted by Gasteiger charge is -2.34. The molecular formula is C19H23N9O. The number of nitrogen functional groups attached to an aromatic ring is 1. The molecule has 0 aliphatic carbocycles. The molecule has 10 heteroatoms. The Morgan fingerprint density at radius 3 is 2.83 bits per heavy atom. The fourth-order valence-electron chi connectivity index (χ4n) is 4.02. The maximum Gasteiger partial charge on any atom is 0.169 e. The highest BCUT2D eigenvalue weighted by molar-refractivity contribution is 6.02. The van der Waals surface area contributed by atoms with Crippen LogP contribution in [0.15, 0.2) is 18.3 Å². The summed E-state index contributed by atoms with van der Waals surface area (Å²) < 4.78 is 7.32. The summed E-state index contributed by atoms with van der Waals surface area (Å²) in [4.78, 5) is 7.23. The van der Waals surface area contributed by atoms with Crippen LogP contribution in [-0.2, 0) is 4.74 Å². The molecule has 4 aromatic rings. The third kappa shape index (κ3) is 2.75. The summed E-state index contributed by atoms with van der Waals surface area (Å²) in [5, 5.41) is 19.8. The third-order valence-electron chi connectivity index (χ3n) is 5.42. The van der Waals surface area contributed by atoms with Crippen LogP contribution in [0.2, 0.25) is 0 Å². The van der Waals surface area contributed by atoms with E-state index in [0.717, 1.165) is 40.3 Å². The van der Waals surface area contributed by atoms with E-state index < -0.39 is 0 Å². The number of H-pyrrole nitrogens is 2. The van der Waals surface area contributed by atoms with Crippen LogP contribution in [0.5, 0.6) is 0 Å². The molecule has 1 fully saturated rings. The highest BCUT2D eigenvalue weighted by Gasteiger charge is 2.26. The van der Waals surface area contributed by atoms with E-state index in [9.17, 15) is 0 Å². The fraction of sp³-hybridized carbons (Fsp3) is 0.368. The van der Waals surface area contributed by atoms with E-state index in [1.807, 2.05) is 19.9 Å². The van der Waals surface area contributed by atoms with E-state index >= 15 is 0 Å². The summed E-state index contributed by atoms with van der Waals surface area (Å²) in [7, 11) is 0. The first kappa shape index (κ1) is 17.7. The minimum Gasteiger partial charge on any atom is -0.382 e. The van der Waals surface area contributed by atoms with Crippen LogP contribution in [0.1, 0.15) is 18.3 Å². The molecule has 10 nitrogen and oxygen atoms in total. The molecule has 150 valence electrons. The van der Waals surface area contributed by atoms with Gasteiger partial charge in [0.25, 0.3) is 0 Å². The molecule has 1 aliphatic rings. The maximum absolute atomic E-state index is 6.38. The number of pyridine rings is 1. The summed E-state index contributed by atoms with van der Waals surface area (Å²) in [6.45, 7) is 8.24. The number of hydrogen-bond donors (Lipinski definition) is 3. The number of aromatic nitrogens is 7. The second-order valence-electron chi connectivity index (χ2n) is 7.39. The lowest BCUT2D eigenvalue weighted by Crippen LogP contribution is -2.44. The molecule has 1 aliphatic heterocycles. The minimum absolute atomic E-state index is 0.217. The molecule has 0 bridgehead atoms. The number of morpholine rings is 1. The summed E-state index contributed by atoms with van der Waals surface area (Å²) in [6.07, 6.45) is 1.68. The molecule has 5 heterocycles. The van der Waals surface area contributed by atoms with Crippen LogP contribution in [-0.4, -0.2) is 61.0 Å². The molecule has 0 amide bonds. The van der Waals surface area contributed by atoms with Crippen molar-refractivity contribution in [1.29, 1.82) is 0 Å². The average Bonchev–Trinajstić information content (AvgIpc) is 3.42. The standard InChI is InChI=1S/C19H23N9O/c1-10-9-29-7-6-27(10)15-8-13(16-11(2)23-24-12(16)3)17-18(20)26-28(19(17)22-15)14-4-5-21-25-14/h4-5,8,10H,6-7,9H2,1-3H3,(H2,20,26)(H,21,25)(H,23,24)/t10-/m1/s1. The Morgan fingerprint density at radius 1 is 1.28 bits per heavy atom. The van der Waals surface area contributed by atoms with E-state index in [0.29, 0.717) is 30.5 Å². The molecule has 29 heavy (non-hydrogen) atoms. The molecule has 0 radical (unpaired) electrons. The van der Waals surface area contributed by atoms with Crippen molar-refractivity contribution in [2.45, 2.75) is 26.8 Å². The topological polar surface area (TPSA) is 127 Å². The summed E-state index contributed by atoms with van der Waals surface area (Å²) in [5.74, 6) is 1.99. The van der Waals surface area contributed by atoms with Gasteiger partial charge < -0.3 is 15.4 Å². The number of nitrogens with two attached hydrogens (primary N) is 1. The van der Waals surface area contributed by atoms with Gasteiger partial charge >= 0.3 is 0 Å². The molecule has 1 saturated heterocycles. The van der Waals surface area contributed by atoms with Gasteiger partial charge in [-0.1, -0.05) is 0 Å². The highest BCUT2D eigenvalue weighted by Crippen LogP contribution is 2.38. The van der Waals surface area contributed by atoms with Gasteiger partial charge in [0.1, 0.15) is 5.82 Å².